The maximum absolute atomic E-state index is 10.8. The van der Waals surface area contributed by atoms with E-state index in [4.69, 9.17) is 25.4 Å². The molecule has 1 atom stereocenters. The third-order valence-electron chi connectivity index (χ3n) is 2.56. The molecule has 0 fully saturated rings. The minimum atomic E-state index is -0.624. The Morgan fingerprint density at radius 2 is 2.11 bits per heavy atom. The van der Waals surface area contributed by atoms with E-state index in [1.54, 1.807) is 12.1 Å². The quantitative estimate of drug-likeness (QED) is 0.754. The molecular weight excluding hydrogens is 252 g/mol. The van der Waals surface area contributed by atoms with Gasteiger partial charge in [-0.3, -0.25) is 9.59 Å². The van der Waals surface area contributed by atoms with Gasteiger partial charge >= 0.3 is 0 Å². The normalized spacial score (nSPS) is 17.9. The van der Waals surface area contributed by atoms with Crippen LogP contribution in [0.25, 0.3) is 0 Å². The molecule has 2 rings (SSSR count). The van der Waals surface area contributed by atoms with E-state index in [1.807, 2.05) is 0 Å². The van der Waals surface area contributed by atoms with Gasteiger partial charge in [-0.25, -0.2) is 0 Å². The van der Waals surface area contributed by atoms with E-state index in [0.717, 1.165) is 0 Å². The highest BCUT2D eigenvalue weighted by Gasteiger charge is 2.21. The van der Waals surface area contributed by atoms with Crippen LogP contribution in [0, 0.1) is 0 Å². The number of ether oxygens (including phenoxy) is 2. The van der Waals surface area contributed by atoms with Crippen LogP contribution in [0.2, 0.25) is 0 Å². The smallest absolute Gasteiger partial charge is 0.284 e. The molecule has 7 nitrogen and oxygen atoms in total. The number of carbonyl (C=O) groups is 2. The minimum absolute atomic E-state index is 0.0911. The molecule has 1 aliphatic rings. The first-order valence-electron chi connectivity index (χ1n) is 5.69. The van der Waals surface area contributed by atoms with Crippen molar-refractivity contribution >= 4 is 11.8 Å². The molecule has 0 saturated heterocycles. The van der Waals surface area contributed by atoms with Gasteiger partial charge in [-0.2, -0.15) is 0 Å². The van der Waals surface area contributed by atoms with Crippen molar-refractivity contribution < 1.29 is 23.5 Å². The number of hydrogen-bond donors (Lipinski definition) is 2. The molecular formula is C12H14N2O5. The number of rotatable bonds is 6. The standard InChI is InChI=1S/C12H14N2O5/c13-11(15)9-3-1-7(18-9)5-17-6-8-2-4-10(19-8)12(14)16/h1,3-4,8H,2,5-6H2,(H2,13,15)(H2,14,16). The second-order valence-corrected chi connectivity index (χ2v) is 4.05. The second kappa shape index (κ2) is 5.57. The summed E-state index contributed by atoms with van der Waals surface area (Å²) < 4.78 is 15.8. The highest BCUT2D eigenvalue weighted by atomic mass is 16.5. The summed E-state index contributed by atoms with van der Waals surface area (Å²) in [6.07, 6.45) is 1.98. The Kier molecular flexibility index (Phi) is 3.86. The minimum Gasteiger partial charge on any atom is -0.482 e. The lowest BCUT2D eigenvalue weighted by Gasteiger charge is -2.11. The third kappa shape index (κ3) is 3.35. The monoisotopic (exact) mass is 266 g/mol. The topological polar surface area (TPSA) is 118 Å². The van der Waals surface area contributed by atoms with Gasteiger partial charge in [0, 0.05) is 6.42 Å². The fraction of sp³-hybridized carbons (Fsp3) is 0.333. The molecule has 19 heavy (non-hydrogen) atoms. The van der Waals surface area contributed by atoms with Crippen molar-refractivity contribution in [1.82, 2.24) is 0 Å². The molecule has 0 bridgehead atoms. The van der Waals surface area contributed by atoms with E-state index in [9.17, 15) is 9.59 Å². The van der Waals surface area contributed by atoms with Crippen LogP contribution in [-0.4, -0.2) is 24.5 Å². The summed E-state index contributed by atoms with van der Waals surface area (Å²) >= 11 is 0. The van der Waals surface area contributed by atoms with Crippen LogP contribution in [0.3, 0.4) is 0 Å². The Labute approximate surface area is 109 Å². The van der Waals surface area contributed by atoms with Crippen molar-refractivity contribution in [2.75, 3.05) is 6.61 Å². The van der Waals surface area contributed by atoms with Crippen molar-refractivity contribution in [3.63, 3.8) is 0 Å². The van der Waals surface area contributed by atoms with Crippen molar-refractivity contribution in [2.24, 2.45) is 11.5 Å². The highest BCUT2D eigenvalue weighted by molar-refractivity contribution is 5.90. The average Bonchev–Trinajstić information content (AvgIpc) is 2.97. The lowest BCUT2D eigenvalue weighted by Crippen LogP contribution is -2.20. The first-order chi connectivity index (χ1) is 9.06. The van der Waals surface area contributed by atoms with Gasteiger partial charge in [-0.15, -0.1) is 0 Å². The van der Waals surface area contributed by atoms with Crippen LogP contribution in [0.15, 0.2) is 28.4 Å². The molecule has 0 spiro atoms. The van der Waals surface area contributed by atoms with Gasteiger partial charge < -0.3 is 25.4 Å². The Balaban J connectivity index is 1.73. The van der Waals surface area contributed by atoms with Crippen molar-refractivity contribution in [3.05, 3.63) is 35.5 Å². The lowest BCUT2D eigenvalue weighted by molar-refractivity contribution is -0.118. The van der Waals surface area contributed by atoms with E-state index >= 15 is 0 Å². The predicted molar refractivity (Wildman–Crippen MR) is 63.6 cm³/mol. The molecule has 0 aliphatic carbocycles. The van der Waals surface area contributed by atoms with Gasteiger partial charge in [0.25, 0.3) is 11.8 Å². The fourth-order valence-electron chi connectivity index (χ4n) is 1.65. The Hall–Kier alpha value is -2.28. The molecule has 1 unspecified atom stereocenters. The molecule has 4 N–H and O–H groups in total. The predicted octanol–water partition coefficient (Wildman–Crippen LogP) is 0.0532. The summed E-state index contributed by atoms with van der Waals surface area (Å²) in [7, 11) is 0. The molecule has 1 aliphatic heterocycles. The summed E-state index contributed by atoms with van der Waals surface area (Å²) in [6.45, 7) is 0.485. The zero-order valence-electron chi connectivity index (χ0n) is 10.1. The van der Waals surface area contributed by atoms with Crippen LogP contribution >= 0.6 is 0 Å². The molecule has 102 valence electrons. The van der Waals surface area contributed by atoms with Crippen molar-refractivity contribution in [3.8, 4) is 0 Å². The molecule has 1 aromatic rings. The first kappa shape index (κ1) is 13.2. The summed E-state index contributed by atoms with van der Waals surface area (Å²) in [4.78, 5) is 21.7. The average molecular weight is 266 g/mol. The molecule has 0 saturated carbocycles. The van der Waals surface area contributed by atoms with Crippen LogP contribution < -0.4 is 11.5 Å². The number of carbonyl (C=O) groups excluding carboxylic acids is 2. The largest absolute Gasteiger partial charge is 0.482 e. The molecule has 0 radical (unpaired) electrons. The van der Waals surface area contributed by atoms with Gasteiger partial charge in [-0.1, -0.05) is 0 Å². The summed E-state index contributed by atoms with van der Waals surface area (Å²) in [5.74, 6) is -0.453. The molecule has 1 aromatic heterocycles. The van der Waals surface area contributed by atoms with Gasteiger partial charge in [0.15, 0.2) is 11.5 Å². The van der Waals surface area contributed by atoms with Crippen molar-refractivity contribution in [1.29, 1.82) is 0 Å². The summed E-state index contributed by atoms with van der Waals surface area (Å²) in [5.41, 5.74) is 10.1. The fourth-order valence-corrected chi connectivity index (χ4v) is 1.65. The molecule has 7 heteroatoms. The SMILES string of the molecule is NC(=O)C1=CCC(COCc2ccc(C(N)=O)o2)O1. The van der Waals surface area contributed by atoms with E-state index < -0.39 is 11.8 Å². The van der Waals surface area contributed by atoms with E-state index in [0.29, 0.717) is 18.8 Å². The highest BCUT2D eigenvalue weighted by Crippen LogP contribution is 2.17. The number of nitrogens with two attached hydrogens (primary N) is 2. The molecule has 2 amide bonds. The summed E-state index contributed by atoms with van der Waals surface area (Å²) in [6, 6.07) is 3.10. The van der Waals surface area contributed by atoms with Gasteiger partial charge in [0.05, 0.1) is 6.61 Å². The van der Waals surface area contributed by atoms with Crippen LogP contribution in [0.5, 0.6) is 0 Å². The molecule has 0 aromatic carbocycles. The van der Waals surface area contributed by atoms with Gasteiger partial charge in [-0.05, 0) is 18.2 Å². The Morgan fingerprint density at radius 3 is 2.68 bits per heavy atom. The Bertz CT molecular complexity index is 520. The zero-order valence-corrected chi connectivity index (χ0v) is 10.1. The van der Waals surface area contributed by atoms with Crippen molar-refractivity contribution in [2.45, 2.75) is 19.1 Å². The maximum Gasteiger partial charge on any atom is 0.284 e. The first-order valence-corrected chi connectivity index (χ1v) is 5.69. The Morgan fingerprint density at radius 1 is 1.32 bits per heavy atom. The third-order valence-corrected chi connectivity index (χ3v) is 2.56. The number of hydrogen-bond acceptors (Lipinski definition) is 5. The lowest BCUT2D eigenvalue weighted by atomic mass is 10.3. The van der Waals surface area contributed by atoms with E-state index in [2.05, 4.69) is 0 Å². The molecule has 2 heterocycles. The summed E-state index contributed by atoms with van der Waals surface area (Å²) in [5, 5.41) is 0. The number of amides is 2. The van der Waals surface area contributed by atoms with Gasteiger partial charge in [0.2, 0.25) is 0 Å². The van der Waals surface area contributed by atoms with E-state index in [-0.39, 0.29) is 24.2 Å². The van der Waals surface area contributed by atoms with Crippen LogP contribution in [0.4, 0.5) is 0 Å². The van der Waals surface area contributed by atoms with E-state index in [1.165, 1.54) is 6.07 Å². The number of furan rings is 1. The maximum atomic E-state index is 10.8. The van der Waals surface area contributed by atoms with Crippen LogP contribution in [-0.2, 0) is 20.9 Å². The zero-order chi connectivity index (χ0) is 13.8. The number of primary amides is 2. The van der Waals surface area contributed by atoms with Gasteiger partial charge in [0.1, 0.15) is 18.5 Å². The second-order valence-electron chi connectivity index (χ2n) is 4.05. The van der Waals surface area contributed by atoms with Crippen LogP contribution in [0.1, 0.15) is 22.7 Å².